The summed E-state index contributed by atoms with van der Waals surface area (Å²) in [5.41, 5.74) is 0. The van der Waals surface area contributed by atoms with Gasteiger partial charge in [0.1, 0.15) is 0 Å². The van der Waals surface area contributed by atoms with E-state index in [4.69, 9.17) is 5.11 Å². The summed E-state index contributed by atoms with van der Waals surface area (Å²) in [5, 5.41) is 18.2. The van der Waals surface area contributed by atoms with Gasteiger partial charge in [-0.1, -0.05) is 12.8 Å². The molecule has 1 rings (SSSR count). The SMILES string of the molecule is CC(O)CC1CCCC(CO)C1. The van der Waals surface area contributed by atoms with E-state index in [9.17, 15) is 5.11 Å². The molecule has 1 aliphatic rings. The first-order valence-corrected chi connectivity index (χ1v) is 5.01. The van der Waals surface area contributed by atoms with E-state index < -0.39 is 0 Å². The molecular weight excluding hydrogens is 152 g/mol. The summed E-state index contributed by atoms with van der Waals surface area (Å²) in [6.07, 6.45) is 5.49. The van der Waals surface area contributed by atoms with E-state index in [1.807, 2.05) is 6.92 Å². The predicted molar refractivity (Wildman–Crippen MR) is 48.8 cm³/mol. The summed E-state index contributed by atoms with van der Waals surface area (Å²) in [6, 6.07) is 0. The van der Waals surface area contributed by atoms with Crippen LogP contribution in [0.4, 0.5) is 0 Å². The van der Waals surface area contributed by atoms with Crippen LogP contribution in [-0.2, 0) is 0 Å². The molecule has 0 aromatic heterocycles. The first-order valence-electron chi connectivity index (χ1n) is 5.01. The Kier molecular flexibility index (Phi) is 4.02. The first kappa shape index (κ1) is 10.0. The lowest BCUT2D eigenvalue weighted by molar-refractivity contribution is 0.112. The molecule has 3 unspecified atom stereocenters. The molecule has 0 amide bonds. The van der Waals surface area contributed by atoms with Crippen LogP contribution in [0.1, 0.15) is 39.0 Å². The van der Waals surface area contributed by atoms with Crippen LogP contribution in [0.25, 0.3) is 0 Å². The van der Waals surface area contributed by atoms with Crippen LogP contribution < -0.4 is 0 Å². The van der Waals surface area contributed by atoms with E-state index in [2.05, 4.69) is 0 Å². The van der Waals surface area contributed by atoms with Gasteiger partial charge >= 0.3 is 0 Å². The van der Waals surface area contributed by atoms with Crippen LogP contribution in [0, 0.1) is 11.8 Å². The largest absolute Gasteiger partial charge is 0.396 e. The molecule has 0 bridgehead atoms. The van der Waals surface area contributed by atoms with E-state index in [1.165, 1.54) is 19.3 Å². The van der Waals surface area contributed by atoms with Crippen LogP contribution in [0.5, 0.6) is 0 Å². The fourth-order valence-electron chi connectivity index (χ4n) is 2.26. The summed E-state index contributed by atoms with van der Waals surface area (Å²) >= 11 is 0. The second-order valence-electron chi connectivity index (χ2n) is 4.17. The fourth-order valence-corrected chi connectivity index (χ4v) is 2.26. The summed E-state index contributed by atoms with van der Waals surface area (Å²) in [6.45, 7) is 2.18. The quantitative estimate of drug-likeness (QED) is 0.678. The normalized spacial score (nSPS) is 33.2. The molecule has 2 heteroatoms. The zero-order valence-electron chi connectivity index (χ0n) is 7.87. The standard InChI is InChI=1S/C10H20O2/c1-8(12)5-9-3-2-4-10(6-9)7-11/h8-12H,2-7H2,1H3. The van der Waals surface area contributed by atoms with E-state index in [0.717, 1.165) is 12.8 Å². The highest BCUT2D eigenvalue weighted by Crippen LogP contribution is 2.31. The van der Waals surface area contributed by atoms with Gasteiger partial charge < -0.3 is 10.2 Å². The number of rotatable bonds is 3. The minimum Gasteiger partial charge on any atom is -0.396 e. The van der Waals surface area contributed by atoms with Crippen molar-refractivity contribution in [3.05, 3.63) is 0 Å². The Balaban J connectivity index is 2.25. The zero-order chi connectivity index (χ0) is 8.97. The van der Waals surface area contributed by atoms with Crippen molar-refractivity contribution in [2.24, 2.45) is 11.8 Å². The second-order valence-corrected chi connectivity index (χ2v) is 4.17. The van der Waals surface area contributed by atoms with Crippen molar-refractivity contribution in [2.45, 2.75) is 45.1 Å². The first-order chi connectivity index (χ1) is 5.72. The third-order valence-corrected chi connectivity index (χ3v) is 2.82. The average Bonchev–Trinajstić information content (AvgIpc) is 2.03. The van der Waals surface area contributed by atoms with Crippen molar-refractivity contribution in [1.82, 2.24) is 0 Å². The predicted octanol–water partition coefficient (Wildman–Crippen LogP) is 1.56. The summed E-state index contributed by atoms with van der Waals surface area (Å²) in [4.78, 5) is 0. The van der Waals surface area contributed by atoms with E-state index >= 15 is 0 Å². The van der Waals surface area contributed by atoms with E-state index in [0.29, 0.717) is 18.4 Å². The van der Waals surface area contributed by atoms with Crippen molar-refractivity contribution in [2.75, 3.05) is 6.61 Å². The molecule has 0 spiro atoms. The molecule has 2 nitrogen and oxygen atoms in total. The lowest BCUT2D eigenvalue weighted by Gasteiger charge is -2.28. The number of hydrogen-bond donors (Lipinski definition) is 2. The molecular formula is C10H20O2. The number of hydrogen-bond acceptors (Lipinski definition) is 2. The van der Waals surface area contributed by atoms with Crippen molar-refractivity contribution in [3.63, 3.8) is 0 Å². The molecule has 0 aromatic rings. The Morgan fingerprint density at radius 2 is 2.00 bits per heavy atom. The van der Waals surface area contributed by atoms with Gasteiger partial charge in [0.2, 0.25) is 0 Å². The van der Waals surface area contributed by atoms with Crippen LogP contribution in [0.3, 0.4) is 0 Å². The highest BCUT2D eigenvalue weighted by molar-refractivity contribution is 4.73. The highest BCUT2D eigenvalue weighted by atomic mass is 16.3. The molecule has 2 N–H and O–H groups in total. The fraction of sp³-hybridized carbons (Fsp3) is 1.00. The zero-order valence-corrected chi connectivity index (χ0v) is 7.87. The third-order valence-electron chi connectivity index (χ3n) is 2.82. The lowest BCUT2D eigenvalue weighted by atomic mass is 9.79. The Morgan fingerprint density at radius 3 is 2.58 bits per heavy atom. The van der Waals surface area contributed by atoms with Crippen LogP contribution in [0.15, 0.2) is 0 Å². The molecule has 1 fully saturated rings. The Morgan fingerprint density at radius 1 is 1.33 bits per heavy atom. The topological polar surface area (TPSA) is 40.5 Å². The van der Waals surface area contributed by atoms with Gasteiger partial charge in [-0.3, -0.25) is 0 Å². The molecule has 1 saturated carbocycles. The van der Waals surface area contributed by atoms with Crippen molar-refractivity contribution in [3.8, 4) is 0 Å². The van der Waals surface area contributed by atoms with Gasteiger partial charge in [-0.05, 0) is 38.0 Å². The van der Waals surface area contributed by atoms with Gasteiger partial charge in [0.05, 0.1) is 6.10 Å². The van der Waals surface area contributed by atoms with Crippen molar-refractivity contribution < 1.29 is 10.2 Å². The number of aliphatic hydroxyl groups is 2. The average molecular weight is 172 g/mol. The maximum Gasteiger partial charge on any atom is 0.0514 e. The van der Waals surface area contributed by atoms with Crippen LogP contribution in [-0.4, -0.2) is 22.9 Å². The van der Waals surface area contributed by atoms with E-state index in [1.54, 1.807) is 0 Å². The van der Waals surface area contributed by atoms with Gasteiger partial charge in [-0.2, -0.15) is 0 Å². The molecule has 0 heterocycles. The summed E-state index contributed by atoms with van der Waals surface area (Å²) < 4.78 is 0. The molecule has 1 aliphatic carbocycles. The van der Waals surface area contributed by atoms with Gasteiger partial charge in [-0.15, -0.1) is 0 Å². The number of aliphatic hydroxyl groups excluding tert-OH is 2. The van der Waals surface area contributed by atoms with Crippen molar-refractivity contribution >= 4 is 0 Å². The molecule has 3 atom stereocenters. The monoisotopic (exact) mass is 172 g/mol. The maximum absolute atomic E-state index is 9.20. The summed E-state index contributed by atoms with van der Waals surface area (Å²) in [7, 11) is 0. The van der Waals surface area contributed by atoms with Crippen LogP contribution >= 0.6 is 0 Å². The molecule has 0 saturated heterocycles. The molecule has 0 aromatic carbocycles. The second kappa shape index (κ2) is 4.83. The Bertz CT molecular complexity index is 123. The Labute approximate surface area is 74.6 Å². The molecule has 0 aliphatic heterocycles. The van der Waals surface area contributed by atoms with E-state index in [-0.39, 0.29) is 6.10 Å². The van der Waals surface area contributed by atoms with Crippen LogP contribution in [0.2, 0.25) is 0 Å². The molecule has 72 valence electrons. The molecule has 12 heavy (non-hydrogen) atoms. The van der Waals surface area contributed by atoms with Gasteiger partial charge in [-0.25, -0.2) is 0 Å². The Hall–Kier alpha value is -0.0800. The minimum absolute atomic E-state index is 0.174. The highest BCUT2D eigenvalue weighted by Gasteiger charge is 2.22. The van der Waals surface area contributed by atoms with Gasteiger partial charge in [0, 0.05) is 6.61 Å². The third kappa shape index (κ3) is 3.11. The maximum atomic E-state index is 9.20. The minimum atomic E-state index is -0.174. The van der Waals surface area contributed by atoms with Crippen molar-refractivity contribution in [1.29, 1.82) is 0 Å². The summed E-state index contributed by atoms with van der Waals surface area (Å²) in [5.74, 6) is 1.15. The molecule has 0 radical (unpaired) electrons. The van der Waals surface area contributed by atoms with Gasteiger partial charge in [0.25, 0.3) is 0 Å². The smallest absolute Gasteiger partial charge is 0.0514 e. The lowest BCUT2D eigenvalue weighted by Crippen LogP contribution is -2.21. The van der Waals surface area contributed by atoms with Gasteiger partial charge in [0.15, 0.2) is 0 Å².